The van der Waals surface area contributed by atoms with E-state index in [4.69, 9.17) is 10.5 Å². The van der Waals surface area contributed by atoms with Gasteiger partial charge in [0.2, 0.25) is 0 Å². The topological polar surface area (TPSA) is 66.0 Å². The van der Waals surface area contributed by atoms with Gasteiger partial charge in [0.1, 0.15) is 5.82 Å². The molecule has 1 unspecified atom stereocenters. The second-order valence-corrected chi connectivity index (χ2v) is 5.03. The molecule has 102 valence electrons. The van der Waals surface area contributed by atoms with Crippen LogP contribution in [0.3, 0.4) is 0 Å². The average molecular weight is 291 g/mol. The van der Waals surface area contributed by atoms with Gasteiger partial charge in [0.25, 0.3) is 0 Å². The maximum atomic E-state index is 5.63. The van der Waals surface area contributed by atoms with Crippen LogP contribution in [-0.2, 0) is 17.8 Å². The van der Waals surface area contributed by atoms with Crippen LogP contribution in [-0.4, -0.2) is 33.7 Å². The summed E-state index contributed by atoms with van der Waals surface area (Å²) >= 11 is 1.73. The Morgan fingerprint density at radius 3 is 3.00 bits per heavy atom. The van der Waals surface area contributed by atoms with E-state index in [0.29, 0.717) is 19.0 Å². The van der Waals surface area contributed by atoms with Crippen LogP contribution >= 0.6 is 24.2 Å². The van der Waals surface area contributed by atoms with Gasteiger partial charge < -0.3 is 15.0 Å². The average Bonchev–Trinajstić information content (AvgIpc) is 2.96. The lowest BCUT2D eigenvalue weighted by Gasteiger charge is -2.08. The summed E-state index contributed by atoms with van der Waals surface area (Å²) in [6, 6.07) is 0. The van der Waals surface area contributed by atoms with E-state index in [0.717, 1.165) is 36.4 Å². The SMILES string of the molecule is C=CCn1c(CN)nnc1SCC1CCOC1.Cl. The Balaban J connectivity index is 0.00000162. The Hall–Kier alpha value is -0.560. The largest absolute Gasteiger partial charge is 0.381 e. The minimum atomic E-state index is 0. The second-order valence-electron chi connectivity index (χ2n) is 4.04. The number of halogens is 1. The fraction of sp³-hybridized carbons (Fsp3) is 0.636. The summed E-state index contributed by atoms with van der Waals surface area (Å²) in [6.07, 6.45) is 2.98. The Bertz CT molecular complexity index is 379. The molecule has 1 aliphatic heterocycles. The number of hydrogen-bond donors (Lipinski definition) is 1. The summed E-state index contributed by atoms with van der Waals surface area (Å²) < 4.78 is 7.38. The smallest absolute Gasteiger partial charge is 0.191 e. The molecule has 0 bridgehead atoms. The molecule has 0 spiro atoms. The highest BCUT2D eigenvalue weighted by Crippen LogP contribution is 2.24. The molecule has 1 saturated heterocycles. The number of ether oxygens (including phenoxy) is 1. The van der Waals surface area contributed by atoms with Crippen molar-refractivity contribution in [2.45, 2.75) is 24.7 Å². The van der Waals surface area contributed by atoms with E-state index in [-0.39, 0.29) is 12.4 Å². The Labute approximate surface area is 118 Å². The maximum Gasteiger partial charge on any atom is 0.191 e. The van der Waals surface area contributed by atoms with Gasteiger partial charge in [-0.05, 0) is 12.3 Å². The lowest BCUT2D eigenvalue weighted by atomic mass is 10.2. The molecule has 1 fully saturated rings. The van der Waals surface area contributed by atoms with Crippen LogP contribution in [0.25, 0.3) is 0 Å². The summed E-state index contributed by atoms with van der Waals surface area (Å²) in [6.45, 7) is 6.62. The molecule has 0 amide bonds. The molecular formula is C11H19ClN4OS. The van der Waals surface area contributed by atoms with E-state index in [1.165, 1.54) is 0 Å². The van der Waals surface area contributed by atoms with Gasteiger partial charge in [-0.2, -0.15) is 0 Å². The number of aromatic nitrogens is 3. The minimum absolute atomic E-state index is 0. The number of hydrogen-bond acceptors (Lipinski definition) is 5. The third kappa shape index (κ3) is 3.71. The molecule has 0 aromatic carbocycles. The van der Waals surface area contributed by atoms with E-state index >= 15 is 0 Å². The highest BCUT2D eigenvalue weighted by atomic mass is 35.5. The summed E-state index contributed by atoms with van der Waals surface area (Å²) in [4.78, 5) is 0. The Morgan fingerprint density at radius 1 is 1.56 bits per heavy atom. The first-order valence-electron chi connectivity index (χ1n) is 5.78. The normalized spacial score (nSPS) is 18.6. The van der Waals surface area contributed by atoms with Crippen molar-refractivity contribution < 1.29 is 4.74 Å². The predicted octanol–water partition coefficient (Wildman–Crippen LogP) is 1.47. The van der Waals surface area contributed by atoms with E-state index < -0.39 is 0 Å². The van der Waals surface area contributed by atoms with Gasteiger partial charge in [-0.3, -0.25) is 0 Å². The van der Waals surface area contributed by atoms with Gasteiger partial charge >= 0.3 is 0 Å². The molecule has 1 atom stereocenters. The fourth-order valence-corrected chi connectivity index (χ4v) is 2.88. The van der Waals surface area contributed by atoms with Gasteiger partial charge in [0, 0.05) is 18.9 Å². The molecule has 2 rings (SSSR count). The van der Waals surface area contributed by atoms with Crippen LogP contribution < -0.4 is 5.73 Å². The predicted molar refractivity (Wildman–Crippen MR) is 75.0 cm³/mol. The van der Waals surface area contributed by atoms with Crippen molar-refractivity contribution in [3.63, 3.8) is 0 Å². The quantitative estimate of drug-likeness (QED) is 0.635. The Kier molecular flexibility index (Phi) is 6.70. The number of allylic oxidation sites excluding steroid dienone is 1. The maximum absolute atomic E-state index is 5.63. The third-order valence-corrected chi connectivity index (χ3v) is 3.96. The van der Waals surface area contributed by atoms with Crippen LogP contribution in [0.4, 0.5) is 0 Å². The Morgan fingerprint density at radius 2 is 2.39 bits per heavy atom. The molecule has 18 heavy (non-hydrogen) atoms. The lowest BCUT2D eigenvalue weighted by molar-refractivity contribution is 0.189. The molecule has 1 aliphatic rings. The molecule has 7 heteroatoms. The number of nitrogens with two attached hydrogens (primary N) is 1. The van der Waals surface area contributed by atoms with Crippen molar-refractivity contribution in [2.75, 3.05) is 19.0 Å². The van der Waals surface area contributed by atoms with E-state index in [1.807, 2.05) is 10.6 Å². The number of thioether (sulfide) groups is 1. The van der Waals surface area contributed by atoms with Crippen LogP contribution in [0.1, 0.15) is 12.2 Å². The third-order valence-electron chi connectivity index (χ3n) is 2.76. The van der Waals surface area contributed by atoms with Gasteiger partial charge in [0.05, 0.1) is 13.2 Å². The highest BCUT2D eigenvalue weighted by molar-refractivity contribution is 7.99. The molecule has 0 aliphatic carbocycles. The summed E-state index contributed by atoms with van der Waals surface area (Å²) in [5.41, 5.74) is 5.63. The number of nitrogens with zero attached hydrogens (tertiary/aromatic N) is 3. The molecular weight excluding hydrogens is 272 g/mol. The molecule has 1 aromatic heterocycles. The van der Waals surface area contributed by atoms with Gasteiger partial charge in [-0.15, -0.1) is 29.2 Å². The minimum Gasteiger partial charge on any atom is -0.381 e. The molecule has 2 heterocycles. The zero-order valence-corrected chi connectivity index (χ0v) is 11.9. The first-order chi connectivity index (χ1) is 8.35. The molecule has 5 nitrogen and oxygen atoms in total. The fourth-order valence-electron chi connectivity index (χ4n) is 1.80. The monoisotopic (exact) mass is 290 g/mol. The van der Waals surface area contributed by atoms with Crippen molar-refractivity contribution >= 4 is 24.2 Å². The van der Waals surface area contributed by atoms with E-state index in [1.54, 1.807) is 11.8 Å². The summed E-state index contributed by atoms with van der Waals surface area (Å²) in [5.74, 6) is 2.48. The first kappa shape index (κ1) is 15.5. The molecule has 0 radical (unpaired) electrons. The second kappa shape index (κ2) is 7.78. The highest BCUT2D eigenvalue weighted by Gasteiger charge is 2.18. The zero-order chi connectivity index (χ0) is 12.1. The summed E-state index contributed by atoms with van der Waals surface area (Å²) in [7, 11) is 0. The standard InChI is InChI=1S/C11H18N4OS.ClH/c1-2-4-15-10(6-12)13-14-11(15)17-8-9-3-5-16-7-9;/h2,9H,1,3-8,12H2;1H. The van der Waals surface area contributed by atoms with Crippen LogP contribution in [0.15, 0.2) is 17.8 Å². The van der Waals surface area contributed by atoms with Crippen molar-refractivity contribution in [1.29, 1.82) is 0 Å². The van der Waals surface area contributed by atoms with Crippen molar-refractivity contribution in [2.24, 2.45) is 11.7 Å². The first-order valence-corrected chi connectivity index (χ1v) is 6.77. The molecule has 2 N–H and O–H groups in total. The van der Waals surface area contributed by atoms with E-state index in [9.17, 15) is 0 Å². The lowest BCUT2D eigenvalue weighted by Crippen LogP contribution is -2.09. The van der Waals surface area contributed by atoms with Crippen LogP contribution in [0, 0.1) is 5.92 Å². The van der Waals surface area contributed by atoms with Crippen LogP contribution in [0.5, 0.6) is 0 Å². The number of rotatable bonds is 6. The van der Waals surface area contributed by atoms with Gasteiger partial charge in [-0.1, -0.05) is 17.8 Å². The zero-order valence-electron chi connectivity index (χ0n) is 10.2. The molecule has 1 aromatic rings. The van der Waals surface area contributed by atoms with Crippen molar-refractivity contribution in [3.8, 4) is 0 Å². The van der Waals surface area contributed by atoms with E-state index in [2.05, 4.69) is 16.8 Å². The van der Waals surface area contributed by atoms with Gasteiger partial charge in [-0.25, -0.2) is 0 Å². The molecule has 0 saturated carbocycles. The van der Waals surface area contributed by atoms with Crippen molar-refractivity contribution in [3.05, 3.63) is 18.5 Å². The van der Waals surface area contributed by atoms with Crippen molar-refractivity contribution in [1.82, 2.24) is 14.8 Å². The van der Waals surface area contributed by atoms with Gasteiger partial charge in [0.15, 0.2) is 5.16 Å². The van der Waals surface area contributed by atoms with Crippen LogP contribution in [0.2, 0.25) is 0 Å². The summed E-state index contributed by atoms with van der Waals surface area (Å²) in [5, 5.41) is 9.19.